The Morgan fingerprint density at radius 3 is 2.50 bits per heavy atom. The van der Waals surface area contributed by atoms with Gasteiger partial charge in [0.2, 0.25) is 5.91 Å². The third-order valence-corrected chi connectivity index (χ3v) is 4.70. The molecule has 0 aromatic carbocycles. The van der Waals surface area contributed by atoms with Crippen LogP contribution in [0.5, 0.6) is 0 Å². The second-order valence-electron chi connectivity index (χ2n) is 6.17. The first-order valence-corrected chi connectivity index (χ1v) is 8.73. The molecule has 1 atom stereocenters. The van der Waals surface area contributed by atoms with Crippen LogP contribution in [0.25, 0.3) is 11.4 Å². The fraction of sp³-hybridized carbons (Fsp3) is 0.211. The molecule has 4 rings (SSSR count). The number of carbonyl (C=O) groups is 1. The van der Waals surface area contributed by atoms with Crippen LogP contribution in [0.2, 0.25) is 5.15 Å². The topological polar surface area (TPSA) is 71.9 Å². The van der Waals surface area contributed by atoms with Crippen molar-refractivity contribution in [2.45, 2.75) is 12.8 Å². The molecule has 0 saturated carbocycles. The van der Waals surface area contributed by atoms with E-state index in [2.05, 4.69) is 19.9 Å². The van der Waals surface area contributed by atoms with E-state index in [-0.39, 0.29) is 11.8 Å². The average Bonchev–Trinajstić information content (AvgIpc) is 3.05. The molecule has 1 aliphatic heterocycles. The maximum atomic E-state index is 12.7. The monoisotopic (exact) mass is 365 g/mol. The Balaban J connectivity index is 1.47. The Morgan fingerprint density at radius 1 is 1.04 bits per heavy atom. The molecule has 0 unspecified atom stereocenters. The van der Waals surface area contributed by atoms with Gasteiger partial charge in [0.05, 0.1) is 18.1 Å². The van der Waals surface area contributed by atoms with Gasteiger partial charge in [-0.05, 0) is 36.6 Å². The fourth-order valence-electron chi connectivity index (χ4n) is 3.11. The van der Waals surface area contributed by atoms with Gasteiger partial charge in [0.1, 0.15) is 5.15 Å². The summed E-state index contributed by atoms with van der Waals surface area (Å²) in [7, 11) is 0. The van der Waals surface area contributed by atoms with Gasteiger partial charge in [0, 0.05) is 36.6 Å². The molecule has 1 aliphatic rings. The van der Waals surface area contributed by atoms with Gasteiger partial charge in [-0.25, -0.2) is 15.0 Å². The van der Waals surface area contributed by atoms with Crippen LogP contribution in [-0.4, -0.2) is 32.4 Å². The molecule has 26 heavy (non-hydrogen) atoms. The van der Waals surface area contributed by atoms with Gasteiger partial charge >= 0.3 is 0 Å². The lowest BCUT2D eigenvalue weighted by Gasteiger charge is -2.16. The predicted octanol–water partition coefficient (Wildman–Crippen LogP) is 3.18. The standard InChI is InChI=1S/C19H16ClN5O/c20-17-2-1-13(10-22-17)9-15-5-8-25(19(15)26)16-11-23-18(24-12-16)14-3-6-21-7-4-14/h1-4,6-7,10-12,15H,5,8-9H2/t15-/m0/s1. The maximum absolute atomic E-state index is 12.7. The molecule has 0 N–H and O–H groups in total. The molecule has 0 spiro atoms. The van der Waals surface area contributed by atoms with Crippen molar-refractivity contribution in [2.75, 3.05) is 11.4 Å². The fourth-order valence-corrected chi connectivity index (χ4v) is 3.22. The zero-order valence-corrected chi connectivity index (χ0v) is 14.7. The first kappa shape index (κ1) is 16.6. The highest BCUT2D eigenvalue weighted by Crippen LogP contribution is 2.27. The molecule has 3 aromatic rings. The Kier molecular flexibility index (Phi) is 4.58. The number of hydrogen-bond donors (Lipinski definition) is 0. The van der Waals surface area contributed by atoms with Crippen LogP contribution in [-0.2, 0) is 11.2 Å². The third kappa shape index (κ3) is 3.41. The molecule has 1 amide bonds. The van der Waals surface area contributed by atoms with Crippen molar-refractivity contribution in [3.63, 3.8) is 0 Å². The molecule has 6 nitrogen and oxygen atoms in total. The average molecular weight is 366 g/mol. The summed E-state index contributed by atoms with van der Waals surface area (Å²) in [6.07, 6.45) is 9.99. The number of pyridine rings is 2. The second-order valence-corrected chi connectivity index (χ2v) is 6.56. The Hall–Kier alpha value is -2.86. The summed E-state index contributed by atoms with van der Waals surface area (Å²) in [6.45, 7) is 0.669. The summed E-state index contributed by atoms with van der Waals surface area (Å²) in [5.41, 5.74) is 2.64. The van der Waals surface area contributed by atoms with E-state index in [9.17, 15) is 4.79 Å². The van der Waals surface area contributed by atoms with Crippen LogP contribution < -0.4 is 4.90 Å². The molecule has 0 aliphatic carbocycles. The van der Waals surface area contributed by atoms with Gasteiger partial charge in [-0.2, -0.15) is 0 Å². The van der Waals surface area contributed by atoms with Gasteiger partial charge in [-0.3, -0.25) is 9.78 Å². The lowest BCUT2D eigenvalue weighted by Crippen LogP contribution is -2.28. The summed E-state index contributed by atoms with van der Waals surface area (Å²) >= 11 is 5.81. The number of rotatable bonds is 4. The number of halogens is 1. The zero-order valence-electron chi connectivity index (χ0n) is 13.9. The molecule has 3 aromatic heterocycles. The van der Waals surface area contributed by atoms with E-state index in [1.807, 2.05) is 18.2 Å². The largest absolute Gasteiger partial charge is 0.309 e. The van der Waals surface area contributed by atoms with E-state index < -0.39 is 0 Å². The van der Waals surface area contributed by atoms with Gasteiger partial charge in [0.15, 0.2) is 5.82 Å². The smallest absolute Gasteiger partial charge is 0.230 e. The van der Waals surface area contributed by atoms with E-state index in [0.29, 0.717) is 23.9 Å². The van der Waals surface area contributed by atoms with E-state index in [0.717, 1.165) is 23.2 Å². The summed E-state index contributed by atoms with van der Waals surface area (Å²) in [5, 5.41) is 0.458. The van der Waals surface area contributed by atoms with Crippen molar-refractivity contribution >= 4 is 23.2 Å². The Morgan fingerprint density at radius 2 is 1.81 bits per heavy atom. The Labute approximate surface area is 155 Å². The first-order valence-electron chi connectivity index (χ1n) is 8.35. The highest BCUT2D eigenvalue weighted by atomic mass is 35.5. The minimum atomic E-state index is -0.0575. The molecule has 4 heterocycles. The maximum Gasteiger partial charge on any atom is 0.230 e. The van der Waals surface area contributed by atoms with Gasteiger partial charge in [0.25, 0.3) is 0 Å². The lowest BCUT2D eigenvalue weighted by molar-refractivity contribution is -0.120. The Bertz CT molecular complexity index is 899. The highest BCUT2D eigenvalue weighted by Gasteiger charge is 2.32. The molecule has 130 valence electrons. The van der Waals surface area contributed by atoms with Crippen LogP contribution in [0.3, 0.4) is 0 Å². The minimum Gasteiger partial charge on any atom is -0.309 e. The van der Waals surface area contributed by atoms with Crippen LogP contribution in [0.1, 0.15) is 12.0 Å². The molecule has 0 bridgehead atoms. The third-order valence-electron chi connectivity index (χ3n) is 4.48. The minimum absolute atomic E-state index is 0.0575. The van der Waals surface area contributed by atoms with Crippen molar-refractivity contribution in [3.05, 3.63) is 66.0 Å². The van der Waals surface area contributed by atoms with Crippen molar-refractivity contribution in [3.8, 4) is 11.4 Å². The van der Waals surface area contributed by atoms with Crippen molar-refractivity contribution < 1.29 is 4.79 Å². The van der Waals surface area contributed by atoms with Crippen molar-refractivity contribution in [1.29, 1.82) is 0 Å². The number of amides is 1. The number of nitrogens with zero attached hydrogens (tertiary/aromatic N) is 5. The SMILES string of the molecule is O=C1[C@H](Cc2ccc(Cl)nc2)CCN1c1cnc(-c2ccncc2)nc1. The van der Waals surface area contributed by atoms with E-state index in [1.165, 1.54) is 0 Å². The van der Waals surface area contributed by atoms with Gasteiger partial charge in [-0.15, -0.1) is 0 Å². The van der Waals surface area contributed by atoms with Crippen LogP contribution in [0, 0.1) is 5.92 Å². The van der Waals surface area contributed by atoms with Crippen LogP contribution in [0.4, 0.5) is 5.69 Å². The zero-order chi connectivity index (χ0) is 17.9. The highest BCUT2D eigenvalue weighted by molar-refractivity contribution is 6.29. The molecular formula is C19H16ClN5O. The first-order chi connectivity index (χ1) is 12.7. The number of anilines is 1. The van der Waals surface area contributed by atoms with Gasteiger partial charge in [-0.1, -0.05) is 17.7 Å². The second kappa shape index (κ2) is 7.17. The number of aromatic nitrogens is 4. The lowest BCUT2D eigenvalue weighted by atomic mass is 9.99. The van der Waals surface area contributed by atoms with Crippen LogP contribution in [0.15, 0.2) is 55.2 Å². The molecule has 7 heteroatoms. The molecule has 1 saturated heterocycles. The van der Waals surface area contributed by atoms with E-state index in [4.69, 9.17) is 11.6 Å². The number of carbonyl (C=O) groups excluding carboxylic acids is 1. The van der Waals surface area contributed by atoms with E-state index >= 15 is 0 Å². The number of hydrogen-bond acceptors (Lipinski definition) is 5. The van der Waals surface area contributed by atoms with Gasteiger partial charge < -0.3 is 4.90 Å². The van der Waals surface area contributed by atoms with E-state index in [1.54, 1.807) is 42.0 Å². The normalized spacial score (nSPS) is 16.9. The summed E-state index contributed by atoms with van der Waals surface area (Å²) in [4.78, 5) is 31.3. The summed E-state index contributed by atoms with van der Waals surface area (Å²) in [5.74, 6) is 0.657. The molecule has 0 radical (unpaired) electrons. The molecule has 1 fully saturated rings. The van der Waals surface area contributed by atoms with Crippen LogP contribution >= 0.6 is 11.6 Å². The predicted molar refractivity (Wildman–Crippen MR) is 98.7 cm³/mol. The van der Waals surface area contributed by atoms with Crippen molar-refractivity contribution in [1.82, 2.24) is 19.9 Å². The summed E-state index contributed by atoms with van der Waals surface area (Å²) < 4.78 is 0. The summed E-state index contributed by atoms with van der Waals surface area (Å²) in [6, 6.07) is 7.37. The van der Waals surface area contributed by atoms with Crippen molar-refractivity contribution in [2.24, 2.45) is 5.92 Å². The quantitative estimate of drug-likeness (QED) is 0.664. The molecular weight excluding hydrogens is 350 g/mol.